The van der Waals surface area contributed by atoms with E-state index in [1.165, 1.54) is 51.4 Å². The van der Waals surface area contributed by atoms with Crippen LogP contribution in [0.15, 0.2) is 0 Å². The fourth-order valence-corrected chi connectivity index (χ4v) is 1.65. The normalized spacial score (nSPS) is 11.1. The van der Waals surface area contributed by atoms with Crippen LogP contribution in [0, 0.1) is 5.21 Å². The van der Waals surface area contributed by atoms with Gasteiger partial charge in [0.1, 0.15) is 0 Å². The van der Waals surface area contributed by atoms with Crippen molar-refractivity contribution in [2.75, 3.05) is 13.6 Å². The molecule has 0 aliphatic rings. The van der Waals surface area contributed by atoms with Crippen LogP contribution in [0.2, 0.25) is 0 Å². The first-order chi connectivity index (χ1) is 6.77. The Morgan fingerprint density at radius 3 is 1.64 bits per heavy atom. The monoisotopic (exact) mass is 200 g/mol. The maximum atomic E-state index is 10.6. The summed E-state index contributed by atoms with van der Waals surface area (Å²) >= 11 is 0. The fraction of sp³-hybridized carbons (Fsp3) is 1.00. The summed E-state index contributed by atoms with van der Waals surface area (Å²) in [6.07, 6.45) is 11.8. The third-order valence-corrected chi connectivity index (χ3v) is 2.58. The number of nitrogens with zero attached hydrogens (tertiary/aromatic N) is 1. The van der Waals surface area contributed by atoms with E-state index < -0.39 is 0 Å². The highest BCUT2D eigenvalue weighted by atomic mass is 16.5. The molecule has 0 radical (unpaired) electrons. The van der Waals surface area contributed by atoms with Crippen LogP contribution >= 0.6 is 0 Å². The SMILES string of the molecule is CCCCCCCCCCCN(C)[O-]. The standard InChI is InChI=1S/C12H26NO/c1-3-4-5-6-7-8-9-10-11-12-13(2)14/h3-12H2,1-2H3/q-1. The highest BCUT2D eigenvalue weighted by molar-refractivity contribution is 4.51. The van der Waals surface area contributed by atoms with Crippen LogP contribution < -0.4 is 0 Å². The zero-order chi connectivity index (χ0) is 10.6. The Morgan fingerprint density at radius 2 is 1.21 bits per heavy atom. The summed E-state index contributed by atoms with van der Waals surface area (Å²) in [5.41, 5.74) is 0. The Hall–Kier alpha value is -0.0800. The molecule has 0 aliphatic carbocycles. The Labute approximate surface area is 89.3 Å². The second-order valence-corrected chi connectivity index (χ2v) is 4.18. The van der Waals surface area contributed by atoms with E-state index in [9.17, 15) is 5.21 Å². The van der Waals surface area contributed by atoms with Crippen molar-refractivity contribution >= 4 is 0 Å². The summed E-state index contributed by atoms with van der Waals surface area (Å²) in [4.78, 5) is 0. The molecule has 0 rings (SSSR count). The van der Waals surface area contributed by atoms with Crippen molar-refractivity contribution in [3.8, 4) is 0 Å². The number of rotatable bonds is 10. The second-order valence-electron chi connectivity index (χ2n) is 4.18. The van der Waals surface area contributed by atoms with Crippen molar-refractivity contribution in [3.63, 3.8) is 0 Å². The Morgan fingerprint density at radius 1 is 0.786 bits per heavy atom. The minimum atomic E-state index is 0.704. The smallest absolute Gasteiger partial charge is 0.0147 e. The Balaban J connectivity index is 2.85. The number of hydrogen-bond donors (Lipinski definition) is 0. The number of hydrogen-bond acceptors (Lipinski definition) is 2. The Kier molecular flexibility index (Phi) is 10.9. The minimum absolute atomic E-state index is 0.704. The summed E-state index contributed by atoms with van der Waals surface area (Å²) in [6, 6.07) is 0. The van der Waals surface area contributed by atoms with E-state index in [4.69, 9.17) is 0 Å². The van der Waals surface area contributed by atoms with Gasteiger partial charge in [0.25, 0.3) is 0 Å². The van der Waals surface area contributed by atoms with Crippen molar-refractivity contribution in [2.45, 2.75) is 64.7 Å². The summed E-state index contributed by atoms with van der Waals surface area (Å²) in [5, 5.41) is 11.6. The molecule has 0 unspecified atom stereocenters. The topological polar surface area (TPSA) is 26.3 Å². The first kappa shape index (κ1) is 13.9. The molecule has 0 fully saturated rings. The molecular weight excluding hydrogens is 174 g/mol. The second kappa shape index (κ2) is 11.0. The molecule has 0 aromatic rings. The van der Waals surface area contributed by atoms with Crippen LogP contribution in [0.25, 0.3) is 0 Å². The van der Waals surface area contributed by atoms with Gasteiger partial charge >= 0.3 is 0 Å². The number of unbranched alkanes of at least 4 members (excludes halogenated alkanes) is 8. The van der Waals surface area contributed by atoms with E-state index in [1.807, 2.05) is 0 Å². The molecule has 0 aromatic heterocycles. The summed E-state index contributed by atoms with van der Waals surface area (Å²) in [7, 11) is 1.60. The van der Waals surface area contributed by atoms with Gasteiger partial charge in [-0.15, -0.1) is 0 Å². The molecule has 14 heavy (non-hydrogen) atoms. The molecule has 0 N–H and O–H groups in total. The van der Waals surface area contributed by atoms with Crippen molar-refractivity contribution in [3.05, 3.63) is 5.21 Å². The quantitative estimate of drug-likeness (QED) is 0.394. The van der Waals surface area contributed by atoms with Gasteiger partial charge in [-0.25, -0.2) is 0 Å². The van der Waals surface area contributed by atoms with Gasteiger partial charge in [0.15, 0.2) is 0 Å². The van der Waals surface area contributed by atoms with Gasteiger partial charge in [-0.1, -0.05) is 58.3 Å². The van der Waals surface area contributed by atoms with Crippen LogP contribution in [0.4, 0.5) is 0 Å². The van der Waals surface area contributed by atoms with E-state index in [0.717, 1.165) is 11.5 Å². The first-order valence-corrected chi connectivity index (χ1v) is 6.15. The third-order valence-electron chi connectivity index (χ3n) is 2.58. The van der Waals surface area contributed by atoms with Gasteiger partial charge in [0.05, 0.1) is 0 Å². The van der Waals surface area contributed by atoms with Gasteiger partial charge in [-0.3, -0.25) is 0 Å². The molecule has 0 saturated carbocycles. The van der Waals surface area contributed by atoms with Gasteiger partial charge in [0, 0.05) is 0 Å². The fourth-order valence-electron chi connectivity index (χ4n) is 1.65. The van der Waals surface area contributed by atoms with Gasteiger partial charge < -0.3 is 10.3 Å². The first-order valence-electron chi connectivity index (χ1n) is 6.15. The van der Waals surface area contributed by atoms with Crippen LogP contribution in [0.5, 0.6) is 0 Å². The van der Waals surface area contributed by atoms with E-state index >= 15 is 0 Å². The van der Waals surface area contributed by atoms with E-state index in [2.05, 4.69) is 6.92 Å². The predicted molar refractivity (Wildman–Crippen MR) is 63.2 cm³/mol. The zero-order valence-electron chi connectivity index (χ0n) is 9.93. The van der Waals surface area contributed by atoms with Crippen LogP contribution in [0.1, 0.15) is 64.7 Å². The molecule has 0 spiro atoms. The molecule has 0 aromatic carbocycles. The molecule has 86 valence electrons. The predicted octanol–water partition coefficient (Wildman–Crippen LogP) is 3.95. The molecule has 0 heterocycles. The van der Waals surface area contributed by atoms with E-state index in [-0.39, 0.29) is 0 Å². The van der Waals surface area contributed by atoms with Crippen LogP contribution in [0.3, 0.4) is 0 Å². The average molecular weight is 200 g/mol. The van der Waals surface area contributed by atoms with Gasteiger partial charge in [-0.2, -0.15) is 0 Å². The lowest BCUT2D eigenvalue weighted by Gasteiger charge is -2.21. The van der Waals surface area contributed by atoms with Crippen molar-refractivity contribution in [1.82, 2.24) is 5.06 Å². The molecule has 2 heteroatoms. The number of hydroxylamine groups is 2. The van der Waals surface area contributed by atoms with Gasteiger partial charge in [-0.05, 0) is 20.0 Å². The molecular formula is C12H26NO-. The van der Waals surface area contributed by atoms with Crippen molar-refractivity contribution in [2.24, 2.45) is 0 Å². The van der Waals surface area contributed by atoms with E-state index in [1.54, 1.807) is 7.05 Å². The largest absolute Gasteiger partial charge is 0.785 e. The highest BCUT2D eigenvalue weighted by Crippen LogP contribution is 2.09. The minimum Gasteiger partial charge on any atom is -0.785 e. The Bertz CT molecular complexity index is 104. The molecule has 0 aliphatic heterocycles. The maximum absolute atomic E-state index is 10.6. The lowest BCUT2D eigenvalue weighted by molar-refractivity contribution is 0.430. The lowest BCUT2D eigenvalue weighted by Crippen LogP contribution is -2.10. The van der Waals surface area contributed by atoms with Crippen LogP contribution in [-0.2, 0) is 0 Å². The highest BCUT2D eigenvalue weighted by Gasteiger charge is 1.91. The molecule has 0 atom stereocenters. The molecule has 0 amide bonds. The lowest BCUT2D eigenvalue weighted by atomic mass is 10.1. The maximum Gasteiger partial charge on any atom is -0.0147 e. The molecule has 0 bridgehead atoms. The van der Waals surface area contributed by atoms with Crippen molar-refractivity contribution < 1.29 is 0 Å². The summed E-state index contributed by atoms with van der Waals surface area (Å²) < 4.78 is 0. The average Bonchev–Trinajstić information content (AvgIpc) is 2.15. The van der Waals surface area contributed by atoms with Gasteiger partial charge in [0.2, 0.25) is 0 Å². The summed E-state index contributed by atoms with van der Waals surface area (Å²) in [6.45, 7) is 2.95. The zero-order valence-corrected chi connectivity index (χ0v) is 9.93. The molecule has 0 saturated heterocycles. The van der Waals surface area contributed by atoms with Crippen LogP contribution in [-0.4, -0.2) is 18.7 Å². The van der Waals surface area contributed by atoms with E-state index in [0.29, 0.717) is 6.54 Å². The van der Waals surface area contributed by atoms with Crippen molar-refractivity contribution in [1.29, 1.82) is 0 Å². The summed E-state index contributed by atoms with van der Waals surface area (Å²) in [5.74, 6) is 0. The molecule has 2 nitrogen and oxygen atoms in total. The third kappa shape index (κ3) is 11.9.